The van der Waals surface area contributed by atoms with Crippen LogP contribution in [0.1, 0.15) is 100 Å². The molecule has 0 aromatic heterocycles. The Bertz CT molecular complexity index is 2190. The number of aliphatic hydroxyl groups excluding tert-OH is 11. The first-order valence-corrected chi connectivity index (χ1v) is 26.7. The van der Waals surface area contributed by atoms with E-state index in [0.29, 0.717) is 32.1 Å². The first-order valence-electron chi connectivity index (χ1n) is 26.7. The van der Waals surface area contributed by atoms with Crippen molar-refractivity contribution in [3.63, 3.8) is 0 Å². The fraction of sp³-hybridized carbons (Fsp3) is 0.868. The van der Waals surface area contributed by atoms with Crippen molar-refractivity contribution in [3.8, 4) is 0 Å². The molecular formula is C53H82O23. The number of allylic oxidation sites excluding steroid dienone is 3. The predicted molar refractivity (Wildman–Crippen MR) is 258 cm³/mol. The third-order valence-electron chi connectivity index (χ3n) is 20.3. The average molecular weight is 1090 g/mol. The molecule has 26 atom stereocenters. The molecular weight excluding hydrogens is 1000 g/mol. The number of hydrogen-bond acceptors (Lipinski definition) is 22. The molecule has 0 amide bonds. The number of aliphatic hydroxyl groups is 11. The van der Waals surface area contributed by atoms with Crippen LogP contribution in [-0.2, 0) is 52.3 Å². The van der Waals surface area contributed by atoms with Gasteiger partial charge in [-0.1, -0.05) is 59.3 Å². The molecule has 3 saturated heterocycles. The van der Waals surface area contributed by atoms with Gasteiger partial charge in [0, 0.05) is 23.8 Å². The van der Waals surface area contributed by atoms with Gasteiger partial charge in [0.2, 0.25) is 0 Å². The molecule has 0 aromatic carbocycles. The molecule has 432 valence electrons. The predicted octanol–water partition coefficient (Wildman–Crippen LogP) is -1.07. The minimum Gasteiger partial charge on any atom is -0.479 e. The smallest absolute Gasteiger partial charge is 0.335 e. The van der Waals surface area contributed by atoms with Gasteiger partial charge in [0.25, 0.3) is 0 Å². The van der Waals surface area contributed by atoms with Crippen LogP contribution >= 0.6 is 0 Å². The Balaban J connectivity index is 1.13. The molecule has 5 aliphatic carbocycles. The van der Waals surface area contributed by atoms with Crippen molar-refractivity contribution in [2.75, 3.05) is 26.4 Å². The molecule has 8 aliphatic rings. The van der Waals surface area contributed by atoms with Crippen molar-refractivity contribution in [3.05, 3.63) is 23.8 Å². The topological polar surface area (TPSA) is 368 Å². The minimum absolute atomic E-state index is 0.0722. The molecule has 12 N–H and O–H groups in total. The second-order valence-corrected chi connectivity index (χ2v) is 24.6. The van der Waals surface area contributed by atoms with Gasteiger partial charge in [0.15, 0.2) is 25.0 Å². The Labute approximate surface area is 441 Å². The maximum Gasteiger partial charge on any atom is 0.335 e. The highest BCUT2D eigenvalue weighted by molar-refractivity contribution is 5.82. The maximum atomic E-state index is 13.1. The zero-order valence-corrected chi connectivity index (χ0v) is 44.5. The summed E-state index contributed by atoms with van der Waals surface area (Å²) in [6.45, 7) is 12.6. The van der Waals surface area contributed by atoms with Gasteiger partial charge in [-0.25, -0.2) is 9.59 Å². The molecule has 0 spiro atoms. The van der Waals surface area contributed by atoms with Crippen LogP contribution in [0.2, 0.25) is 0 Å². The van der Waals surface area contributed by atoms with E-state index in [0.717, 1.165) is 5.57 Å². The third kappa shape index (κ3) is 9.31. The van der Waals surface area contributed by atoms with E-state index in [1.165, 1.54) is 19.1 Å². The number of carbonyl (C=O) groups excluding carboxylic acids is 2. The molecule has 1 unspecified atom stereocenters. The number of aliphatic carboxylic acids is 1. The summed E-state index contributed by atoms with van der Waals surface area (Å²) in [4.78, 5) is 38.8. The van der Waals surface area contributed by atoms with Crippen molar-refractivity contribution < 1.29 is 114 Å². The highest BCUT2D eigenvalue weighted by Gasteiger charge is 2.74. The standard InChI is InChI=1S/C53H82O23/c1-9-10-32(60)73-42-43(69-23(2)58)53(22-57)25(17-48(42,3)4)24-11-12-29-49(5)15-14-31(50(6,21-56)28(49)13-16-51(29,7)52(24,8)18-30(53)59)72-47-41(76-46-37(65)35(63)33(61)26(19-54)70-46)39(38(66)40(75-47)44(67)68)74-45-36(64)34(62)27(20-55)71-45/h9-11,25-31,33-43,45-47,54-57,59,61-66H,12-22H2,1-8H3,(H,67,68)/b10-9-/t25-,26+,27-,28+,29+,30+,31?,33+,34-,35-,36+,37+,38-,39-,40-,41+,42-,43-,45-,46-,47+,49-,50+,51+,52+,53-/m0/s1. The van der Waals surface area contributed by atoms with Crippen LogP contribution < -0.4 is 0 Å². The van der Waals surface area contributed by atoms with Gasteiger partial charge in [0.1, 0.15) is 73.2 Å². The largest absolute Gasteiger partial charge is 0.479 e. The summed E-state index contributed by atoms with van der Waals surface area (Å²) in [5, 5.41) is 132. The molecule has 0 aromatic rings. The minimum atomic E-state index is -2.15. The first-order chi connectivity index (χ1) is 35.6. The van der Waals surface area contributed by atoms with Crippen LogP contribution in [0.4, 0.5) is 0 Å². The lowest BCUT2D eigenvalue weighted by atomic mass is 9.33. The Hall–Kier alpha value is -2.79. The van der Waals surface area contributed by atoms with E-state index in [4.69, 9.17) is 37.9 Å². The molecule has 76 heavy (non-hydrogen) atoms. The molecule has 23 nitrogen and oxygen atoms in total. The van der Waals surface area contributed by atoms with Crippen LogP contribution in [0, 0.1) is 50.2 Å². The normalized spacial score (nSPS) is 50.9. The Morgan fingerprint density at radius 3 is 1.86 bits per heavy atom. The SMILES string of the molecule is C/C=C\C(=O)O[C@H]1[C@H](OC(C)=O)[C@]2(CO)[C@H](O)C[C@]3(C)C(=CC[C@@H]4[C@@]5(C)CCC(O[C@@H]6O[C@H](C(=O)O)[C@@H](O)[C@H](O[C@@H]7O[C@@H](CO)[C@H](O)[C@H]7O)[C@H]6O[C@@H]6O[C@H](CO)[C@@H](O)[C@H](O)[C@H]6O)[C@](C)(CO)[C@@H]5CC[C@]43C)[C@@H]2CC1(C)C. The van der Waals surface area contributed by atoms with Crippen molar-refractivity contribution in [2.24, 2.45) is 50.2 Å². The average Bonchev–Trinajstić information content (AvgIpc) is 3.81. The summed E-state index contributed by atoms with van der Waals surface area (Å²) in [6, 6.07) is 0. The quantitative estimate of drug-likeness (QED) is 0.0426. The Morgan fingerprint density at radius 2 is 1.29 bits per heavy atom. The lowest BCUT2D eigenvalue weighted by Gasteiger charge is -2.72. The van der Waals surface area contributed by atoms with E-state index in [1.807, 2.05) is 20.8 Å². The van der Waals surface area contributed by atoms with E-state index in [9.17, 15) is 75.7 Å². The zero-order chi connectivity index (χ0) is 56.0. The number of carbonyl (C=O) groups is 3. The van der Waals surface area contributed by atoms with Gasteiger partial charge in [-0.05, 0) is 85.9 Å². The van der Waals surface area contributed by atoms with Crippen molar-refractivity contribution in [1.82, 2.24) is 0 Å². The fourth-order valence-electron chi connectivity index (χ4n) is 16.0. The van der Waals surface area contributed by atoms with E-state index in [1.54, 1.807) is 6.92 Å². The summed E-state index contributed by atoms with van der Waals surface area (Å²) in [5.41, 5.74) is -4.04. The number of esters is 2. The summed E-state index contributed by atoms with van der Waals surface area (Å²) < 4.78 is 48.3. The lowest BCUT2D eigenvalue weighted by molar-refractivity contribution is -0.387. The van der Waals surface area contributed by atoms with Gasteiger partial charge in [-0.3, -0.25) is 4.79 Å². The van der Waals surface area contributed by atoms with Gasteiger partial charge < -0.3 is 99.2 Å². The highest BCUT2D eigenvalue weighted by Crippen LogP contribution is 2.76. The molecule has 0 radical (unpaired) electrons. The summed E-state index contributed by atoms with van der Waals surface area (Å²) in [7, 11) is 0. The number of rotatable bonds is 14. The van der Waals surface area contributed by atoms with Crippen LogP contribution in [0.25, 0.3) is 0 Å². The molecule has 0 bridgehead atoms. The number of fused-ring (bicyclic) bond motifs is 7. The molecule has 3 heterocycles. The van der Waals surface area contributed by atoms with Gasteiger partial charge in [-0.15, -0.1) is 0 Å². The number of ether oxygens (including phenoxy) is 8. The van der Waals surface area contributed by atoms with Gasteiger partial charge in [0.05, 0.1) is 44.1 Å². The van der Waals surface area contributed by atoms with E-state index >= 15 is 0 Å². The van der Waals surface area contributed by atoms with E-state index in [2.05, 4.69) is 26.8 Å². The van der Waals surface area contributed by atoms with Crippen molar-refractivity contribution in [2.45, 2.75) is 211 Å². The monoisotopic (exact) mass is 1090 g/mol. The maximum absolute atomic E-state index is 13.1. The van der Waals surface area contributed by atoms with Gasteiger partial charge >= 0.3 is 17.9 Å². The number of hydrogen-bond donors (Lipinski definition) is 12. The Morgan fingerprint density at radius 1 is 0.684 bits per heavy atom. The summed E-state index contributed by atoms with van der Waals surface area (Å²) in [6.07, 6.45) is -22.1. The van der Waals surface area contributed by atoms with Gasteiger partial charge in [-0.2, -0.15) is 0 Å². The lowest BCUT2D eigenvalue weighted by Crippen LogP contribution is -2.72. The van der Waals surface area contributed by atoms with Crippen LogP contribution in [0.15, 0.2) is 23.8 Å². The molecule has 3 aliphatic heterocycles. The molecule has 8 rings (SSSR count). The summed E-state index contributed by atoms with van der Waals surface area (Å²) in [5.74, 6) is -3.84. The van der Waals surface area contributed by atoms with Crippen molar-refractivity contribution >= 4 is 17.9 Å². The van der Waals surface area contributed by atoms with E-state index < -0.39 is 193 Å². The molecule has 23 heteroatoms. The molecule has 4 saturated carbocycles. The second kappa shape index (κ2) is 21.6. The molecule has 7 fully saturated rings. The highest BCUT2D eigenvalue weighted by atomic mass is 16.8. The van der Waals surface area contributed by atoms with Crippen LogP contribution in [0.3, 0.4) is 0 Å². The summed E-state index contributed by atoms with van der Waals surface area (Å²) >= 11 is 0. The number of carboxylic acid groups (broad SMARTS) is 1. The van der Waals surface area contributed by atoms with Crippen LogP contribution in [0.5, 0.6) is 0 Å². The second-order valence-electron chi connectivity index (χ2n) is 24.6. The first kappa shape index (κ1) is 59.3. The van der Waals surface area contributed by atoms with E-state index in [-0.39, 0.29) is 24.7 Å². The number of carboxylic acids is 1. The van der Waals surface area contributed by atoms with Crippen molar-refractivity contribution in [1.29, 1.82) is 0 Å². The van der Waals surface area contributed by atoms with Crippen LogP contribution in [-0.4, -0.2) is 216 Å². The zero-order valence-electron chi connectivity index (χ0n) is 44.5. The fourth-order valence-corrected chi connectivity index (χ4v) is 16.0. The Kier molecular flexibility index (Phi) is 16.9. The third-order valence-corrected chi connectivity index (χ3v) is 20.3.